The highest BCUT2D eigenvalue weighted by Gasteiger charge is 2.51. The number of anilines is 1. The second-order valence-corrected chi connectivity index (χ2v) is 4.48. The molecule has 2 rings (SSSR count). The summed E-state index contributed by atoms with van der Waals surface area (Å²) in [5.41, 5.74) is 6.46. The molecule has 0 unspecified atom stereocenters. The zero-order valence-electron chi connectivity index (χ0n) is 7.46. The Kier molecular flexibility index (Phi) is 2.03. The summed E-state index contributed by atoms with van der Waals surface area (Å²) in [6, 6.07) is 5.33. The van der Waals surface area contributed by atoms with E-state index in [9.17, 15) is 4.79 Å². The molecule has 1 fully saturated rings. The molecule has 0 radical (unpaired) electrons. The van der Waals surface area contributed by atoms with E-state index in [1.165, 1.54) is 0 Å². The summed E-state index contributed by atoms with van der Waals surface area (Å²) < 4.78 is 0.766. The van der Waals surface area contributed by atoms with Crippen LogP contribution in [0.25, 0.3) is 0 Å². The summed E-state index contributed by atoms with van der Waals surface area (Å²) in [6.07, 6.45) is 1.44. The third-order valence-corrected chi connectivity index (χ3v) is 3.40. The monoisotopic (exact) mass is 255 g/mol. The molecular formula is C10H10BrNO2. The van der Waals surface area contributed by atoms with Crippen LogP contribution >= 0.6 is 15.9 Å². The number of halogens is 1. The minimum absolute atomic E-state index is 0.634. The van der Waals surface area contributed by atoms with Gasteiger partial charge in [0.2, 0.25) is 0 Å². The number of nitrogens with two attached hydrogens (primary N) is 1. The molecule has 1 aromatic carbocycles. The van der Waals surface area contributed by atoms with E-state index in [1.54, 1.807) is 18.2 Å². The lowest BCUT2D eigenvalue weighted by molar-refractivity contribution is -0.140. The van der Waals surface area contributed by atoms with E-state index in [0.29, 0.717) is 5.69 Å². The average Bonchev–Trinajstić information content (AvgIpc) is 2.90. The maximum atomic E-state index is 11.0. The smallest absolute Gasteiger partial charge is 0.314 e. The normalized spacial score (nSPS) is 17.8. The molecule has 4 heteroatoms. The minimum atomic E-state index is -0.742. The Hall–Kier alpha value is -1.03. The molecule has 1 aliphatic carbocycles. The van der Waals surface area contributed by atoms with Crippen molar-refractivity contribution in [3.63, 3.8) is 0 Å². The SMILES string of the molecule is Nc1ccc(C2(C(=O)O)CC2)cc1Br. The number of benzene rings is 1. The molecule has 0 spiro atoms. The first kappa shape index (κ1) is 9.52. The lowest BCUT2D eigenvalue weighted by atomic mass is 9.96. The number of carboxylic acid groups (broad SMARTS) is 1. The molecular weight excluding hydrogens is 246 g/mol. The lowest BCUT2D eigenvalue weighted by Crippen LogP contribution is -2.19. The van der Waals surface area contributed by atoms with Gasteiger partial charge in [-0.3, -0.25) is 4.79 Å². The molecule has 14 heavy (non-hydrogen) atoms. The molecule has 0 amide bonds. The van der Waals surface area contributed by atoms with E-state index in [4.69, 9.17) is 10.8 Å². The van der Waals surface area contributed by atoms with Gasteiger partial charge in [0.15, 0.2) is 0 Å². The molecule has 0 saturated heterocycles. The van der Waals surface area contributed by atoms with Crippen molar-refractivity contribution in [3.8, 4) is 0 Å². The Morgan fingerprint density at radius 1 is 1.50 bits per heavy atom. The van der Waals surface area contributed by atoms with Crippen molar-refractivity contribution in [2.75, 3.05) is 5.73 Å². The van der Waals surface area contributed by atoms with Gasteiger partial charge in [-0.25, -0.2) is 0 Å². The number of aliphatic carboxylic acids is 1. The van der Waals surface area contributed by atoms with E-state index in [-0.39, 0.29) is 0 Å². The fourth-order valence-electron chi connectivity index (χ4n) is 1.58. The molecule has 3 nitrogen and oxygen atoms in total. The Morgan fingerprint density at radius 3 is 2.57 bits per heavy atom. The van der Waals surface area contributed by atoms with Crippen LogP contribution in [0, 0.1) is 0 Å². The summed E-state index contributed by atoms with van der Waals surface area (Å²) in [6.45, 7) is 0. The van der Waals surface area contributed by atoms with Crippen LogP contribution in [0.4, 0.5) is 5.69 Å². The molecule has 74 valence electrons. The van der Waals surface area contributed by atoms with Gasteiger partial charge in [0.1, 0.15) is 0 Å². The van der Waals surface area contributed by atoms with Crippen LogP contribution in [0.15, 0.2) is 22.7 Å². The number of hydrogen-bond acceptors (Lipinski definition) is 2. The third kappa shape index (κ3) is 1.30. The molecule has 1 aliphatic rings. The van der Waals surface area contributed by atoms with Crippen molar-refractivity contribution in [2.24, 2.45) is 0 Å². The first-order valence-corrected chi connectivity index (χ1v) is 5.14. The highest BCUT2D eigenvalue weighted by Crippen LogP contribution is 2.49. The largest absolute Gasteiger partial charge is 0.481 e. The number of carbonyl (C=O) groups is 1. The summed E-state index contributed by atoms with van der Waals surface area (Å²) in [5, 5.41) is 9.07. The summed E-state index contributed by atoms with van der Waals surface area (Å²) in [7, 11) is 0. The third-order valence-electron chi connectivity index (χ3n) is 2.71. The van der Waals surface area contributed by atoms with Crippen LogP contribution in [0.2, 0.25) is 0 Å². The van der Waals surface area contributed by atoms with Crippen molar-refractivity contribution in [1.29, 1.82) is 0 Å². The van der Waals surface area contributed by atoms with Gasteiger partial charge in [-0.15, -0.1) is 0 Å². The van der Waals surface area contributed by atoms with Crippen molar-refractivity contribution in [3.05, 3.63) is 28.2 Å². The van der Waals surface area contributed by atoms with Crippen molar-refractivity contribution in [2.45, 2.75) is 18.3 Å². The van der Waals surface area contributed by atoms with Crippen LogP contribution in [0.3, 0.4) is 0 Å². The second-order valence-electron chi connectivity index (χ2n) is 3.62. The summed E-state index contributed by atoms with van der Waals surface area (Å²) in [5.74, 6) is -0.742. The minimum Gasteiger partial charge on any atom is -0.481 e. The molecule has 0 bridgehead atoms. The second kappa shape index (κ2) is 2.98. The number of hydrogen-bond donors (Lipinski definition) is 2. The lowest BCUT2D eigenvalue weighted by Gasteiger charge is -2.11. The Labute approximate surface area is 90.0 Å². The standard InChI is InChI=1S/C10H10BrNO2/c11-7-5-6(1-2-8(7)12)10(3-4-10)9(13)14/h1-2,5H,3-4,12H2,(H,13,14). The summed E-state index contributed by atoms with van der Waals surface area (Å²) >= 11 is 3.30. The van der Waals surface area contributed by atoms with Crippen LogP contribution in [-0.2, 0) is 10.2 Å². The predicted molar refractivity (Wildman–Crippen MR) is 57.1 cm³/mol. The van der Waals surface area contributed by atoms with E-state index in [0.717, 1.165) is 22.9 Å². The molecule has 1 aromatic rings. The predicted octanol–water partition coefficient (Wildman–Crippen LogP) is 2.15. The first-order chi connectivity index (χ1) is 6.56. The first-order valence-electron chi connectivity index (χ1n) is 4.35. The van der Waals surface area contributed by atoms with Crippen LogP contribution in [-0.4, -0.2) is 11.1 Å². The zero-order chi connectivity index (χ0) is 10.3. The fourth-order valence-corrected chi connectivity index (χ4v) is 1.95. The van der Waals surface area contributed by atoms with Crippen molar-refractivity contribution < 1.29 is 9.90 Å². The topological polar surface area (TPSA) is 63.3 Å². The zero-order valence-corrected chi connectivity index (χ0v) is 9.04. The number of nitrogen functional groups attached to an aromatic ring is 1. The molecule has 0 aliphatic heterocycles. The molecule has 0 aromatic heterocycles. The van der Waals surface area contributed by atoms with E-state index >= 15 is 0 Å². The number of rotatable bonds is 2. The van der Waals surface area contributed by atoms with Gasteiger partial charge in [0.25, 0.3) is 0 Å². The van der Waals surface area contributed by atoms with E-state index < -0.39 is 11.4 Å². The molecule has 1 saturated carbocycles. The van der Waals surface area contributed by atoms with Gasteiger partial charge in [-0.05, 0) is 46.5 Å². The van der Waals surface area contributed by atoms with E-state index in [1.807, 2.05) is 0 Å². The maximum absolute atomic E-state index is 11.0. The van der Waals surface area contributed by atoms with Crippen molar-refractivity contribution in [1.82, 2.24) is 0 Å². The Bertz CT molecular complexity index is 399. The van der Waals surface area contributed by atoms with Gasteiger partial charge in [0, 0.05) is 10.2 Å². The number of carboxylic acids is 1. The van der Waals surface area contributed by atoms with Crippen LogP contribution < -0.4 is 5.73 Å². The maximum Gasteiger partial charge on any atom is 0.314 e. The Balaban J connectivity index is 2.43. The van der Waals surface area contributed by atoms with Gasteiger partial charge in [0.05, 0.1) is 5.41 Å². The average molecular weight is 256 g/mol. The quantitative estimate of drug-likeness (QED) is 0.797. The van der Waals surface area contributed by atoms with Crippen LogP contribution in [0.1, 0.15) is 18.4 Å². The van der Waals surface area contributed by atoms with Gasteiger partial charge in [-0.2, -0.15) is 0 Å². The highest BCUT2D eigenvalue weighted by molar-refractivity contribution is 9.10. The molecule has 0 heterocycles. The fraction of sp³-hybridized carbons (Fsp3) is 0.300. The summed E-state index contributed by atoms with van der Waals surface area (Å²) in [4.78, 5) is 11.0. The van der Waals surface area contributed by atoms with Gasteiger partial charge >= 0.3 is 5.97 Å². The Morgan fingerprint density at radius 2 is 2.14 bits per heavy atom. The highest BCUT2D eigenvalue weighted by atomic mass is 79.9. The molecule has 3 N–H and O–H groups in total. The van der Waals surface area contributed by atoms with Gasteiger partial charge in [-0.1, -0.05) is 6.07 Å². The molecule has 0 atom stereocenters. The van der Waals surface area contributed by atoms with Crippen LogP contribution in [0.5, 0.6) is 0 Å². The van der Waals surface area contributed by atoms with Gasteiger partial charge < -0.3 is 10.8 Å². The van der Waals surface area contributed by atoms with Crippen molar-refractivity contribution >= 4 is 27.6 Å². The van der Waals surface area contributed by atoms with E-state index in [2.05, 4.69) is 15.9 Å².